The lowest BCUT2D eigenvalue weighted by Crippen LogP contribution is -2.35. The summed E-state index contributed by atoms with van der Waals surface area (Å²) in [6.45, 7) is 12.4. The summed E-state index contributed by atoms with van der Waals surface area (Å²) in [5.74, 6) is -0.244. The van der Waals surface area contributed by atoms with Crippen molar-refractivity contribution in [2.24, 2.45) is 0 Å². The van der Waals surface area contributed by atoms with Crippen molar-refractivity contribution in [3.8, 4) is 0 Å². The van der Waals surface area contributed by atoms with Gasteiger partial charge in [0.1, 0.15) is 17.2 Å². The Hall–Kier alpha value is -2.24. The SMILES string of the molecule is CC.CCc1cc2c(=O)n(C(=O)OC(C)(C)C)c(C)nc2cc1F. The van der Waals surface area contributed by atoms with Gasteiger partial charge in [-0.05, 0) is 45.7 Å². The van der Waals surface area contributed by atoms with Crippen LogP contribution in [0.2, 0.25) is 0 Å². The zero-order valence-electron chi connectivity index (χ0n) is 15.4. The Kier molecular flexibility index (Phi) is 6.23. The average Bonchev–Trinajstić information content (AvgIpc) is 2.46. The number of carbonyl (C=O) groups is 1. The molecule has 0 aliphatic heterocycles. The van der Waals surface area contributed by atoms with Gasteiger partial charge in [0.25, 0.3) is 5.56 Å². The van der Waals surface area contributed by atoms with Crippen molar-refractivity contribution in [2.45, 2.75) is 60.5 Å². The van der Waals surface area contributed by atoms with E-state index in [0.29, 0.717) is 12.0 Å². The number of ether oxygens (including phenoxy) is 1. The minimum Gasteiger partial charge on any atom is -0.443 e. The summed E-state index contributed by atoms with van der Waals surface area (Å²) in [6, 6.07) is 2.67. The maximum Gasteiger partial charge on any atom is 0.422 e. The zero-order valence-corrected chi connectivity index (χ0v) is 15.4. The number of benzene rings is 1. The predicted molar refractivity (Wildman–Crippen MR) is 93.1 cm³/mol. The molecule has 0 fully saturated rings. The number of nitrogens with zero attached hydrogens (tertiary/aromatic N) is 2. The second-order valence-corrected chi connectivity index (χ2v) is 6.09. The Morgan fingerprint density at radius 3 is 2.38 bits per heavy atom. The first-order valence-corrected chi connectivity index (χ1v) is 8.09. The lowest BCUT2D eigenvalue weighted by molar-refractivity contribution is 0.0526. The van der Waals surface area contributed by atoms with Gasteiger partial charge in [0, 0.05) is 6.07 Å². The van der Waals surface area contributed by atoms with E-state index in [1.54, 1.807) is 27.7 Å². The Labute approximate surface area is 141 Å². The fourth-order valence-corrected chi connectivity index (χ4v) is 2.16. The Bertz CT molecular complexity index is 804. The van der Waals surface area contributed by atoms with Crippen molar-refractivity contribution in [3.05, 3.63) is 39.7 Å². The molecule has 0 N–H and O–H groups in total. The van der Waals surface area contributed by atoms with Crippen LogP contribution in [0.3, 0.4) is 0 Å². The summed E-state index contributed by atoms with van der Waals surface area (Å²) < 4.78 is 19.9. The highest BCUT2D eigenvalue weighted by molar-refractivity contribution is 5.82. The van der Waals surface area contributed by atoms with Crippen molar-refractivity contribution in [1.82, 2.24) is 9.55 Å². The van der Waals surface area contributed by atoms with E-state index in [-0.39, 0.29) is 16.7 Å². The molecule has 6 heteroatoms. The largest absolute Gasteiger partial charge is 0.443 e. The second-order valence-electron chi connectivity index (χ2n) is 6.09. The summed E-state index contributed by atoms with van der Waals surface area (Å²) in [5.41, 5.74) is -0.635. The molecular weight excluding hydrogens is 311 g/mol. The van der Waals surface area contributed by atoms with Crippen LogP contribution in [0.1, 0.15) is 52.9 Å². The van der Waals surface area contributed by atoms with Gasteiger partial charge in [-0.3, -0.25) is 4.79 Å². The van der Waals surface area contributed by atoms with Crippen LogP contribution in [-0.2, 0) is 11.2 Å². The number of fused-ring (bicyclic) bond motifs is 1. The third-order valence-electron chi connectivity index (χ3n) is 3.16. The maximum atomic E-state index is 13.8. The summed E-state index contributed by atoms with van der Waals surface area (Å²) in [5, 5.41) is 0.203. The first kappa shape index (κ1) is 19.8. The van der Waals surface area contributed by atoms with Crippen molar-refractivity contribution in [2.75, 3.05) is 0 Å². The molecule has 0 atom stereocenters. The van der Waals surface area contributed by atoms with Crippen molar-refractivity contribution in [1.29, 1.82) is 0 Å². The molecule has 0 spiro atoms. The molecule has 24 heavy (non-hydrogen) atoms. The molecule has 5 nitrogen and oxygen atoms in total. The fraction of sp³-hybridized carbons (Fsp3) is 0.500. The lowest BCUT2D eigenvalue weighted by Gasteiger charge is -2.20. The topological polar surface area (TPSA) is 61.2 Å². The molecule has 2 rings (SSSR count). The van der Waals surface area contributed by atoms with E-state index >= 15 is 0 Å². The van der Waals surface area contributed by atoms with Crippen LogP contribution in [-0.4, -0.2) is 21.2 Å². The van der Waals surface area contributed by atoms with Crippen molar-refractivity contribution >= 4 is 17.0 Å². The van der Waals surface area contributed by atoms with Gasteiger partial charge in [-0.2, -0.15) is 4.57 Å². The highest BCUT2D eigenvalue weighted by Crippen LogP contribution is 2.17. The number of rotatable bonds is 1. The van der Waals surface area contributed by atoms with Crippen LogP contribution < -0.4 is 5.56 Å². The van der Waals surface area contributed by atoms with Crippen LogP contribution in [0.5, 0.6) is 0 Å². The number of halogens is 1. The van der Waals surface area contributed by atoms with Gasteiger partial charge in [-0.15, -0.1) is 0 Å². The third kappa shape index (κ3) is 4.19. The fourth-order valence-electron chi connectivity index (χ4n) is 2.16. The smallest absolute Gasteiger partial charge is 0.422 e. The summed E-state index contributed by atoms with van der Waals surface area (Å²) in [6.07, 6.45) is -0.339. The second kappa shape index (κ2) is 7.55. The first-order chi connectivity index (χ1) is 11.1. The van der Waals surface area contributed by atoms with Gasteiger partial charge in [0.2, 0.25) is 0 Å². The third-order valence-corrected chi connectivity index (χ3v) is 3.16. The van der Waals surface area contributed by atoms with Crippen LogP contribution >= 0.6 is 0 Å². The molecule has 0 amide bonds. The highest BCUT2D eigenvalue weighted by Gasteiger charge is 2.22. The molecule has 0 aliphatic carbocycles. The number of hydrogen-bond donors (Lipinski definition) is 0. The van der Waals surface area contributed by atoms with E-state index in [9.17, 15) is 14.0 Å². The number of aromatic nitrogens is 2. The van der Waals surface area contributed by atoms with Crippen LogP contribution in [0.25, 0.3) is 10.9 Å². The van der Waals surface area contributed by atoms with Crippen LogP contribution in [0.4, 0.5) is 9.18 Å². The monoisotopic (exact) mass is 336 g/mol. The quantitative estimate of drug-likeness (QED) is 0.782. The molecule has 1 heterocycles. The van der Waals surface area contributed by atoms with Crippen molar-refractivity contribution < 1.29 is 13.9 Å². The standard InChI is InChI=1S/C16H19FN2O3.C2H6/c1-6-10-7-11-13(8-12(10)17)18-9(2)19(14(11)20)15(21)22-16(3,4)5;1-2/h7-8H,6H2,1-5H3;1-2H3. The Morgan fingerprint density at radius 1 is 1.29 bits per heavy atom. The minimum absolute atomic E-state index is 0.162. The van der Waals surface area contributed by atoms with E-state index in [4.69, 9.17) is 4.74 Å². The Morgan fingerprint density at radius 2 is 1.88 bits per heavy atom. The van der Waals surface area contributed by atoms with E-state index in [1.807, 2.05) is 13.8 Å². The van der Waals surface area contributed by atoms with Gasteiger partial charge in [0.15, 0.2) is 0 Å². The van der Waals surface area contributed by atoms with Crippen LogP contribution in [0.15, 0.2) is 16.9 Å². The maximum absolute atomic E-state index is 13.8. The predicted octanol–water partition coefficient (Wildman–Crippen LogP) is 4.22. The van der Waals surface area contributed by atoms with Crippen LogP contribution in [0, 0.1) is 12.7 Å². The van der Waals surface area contributed by atoms with Gasteiger partial charge < -0.3 is 4.74 Å². The van der Waals surface area contributed by atoms with Crippen molar-refractivity contribution in [3.63, 3.8) is 0 Å². The Balaban J connectivity index is 0.00000139. The zero-order chi connectivity index (χ0) is 18.7. The molecule has 0 saturated carbocycles. The summed E-state index contributed by atoms with van der Waals surface area (Å²) in [7, 11) is 0. The molecular formula is C18H25FN2O3. The lowest BCUT2D eigenvalue weighted by atomic mass is 10.1. The number of carbonyl (C=O) groups excluding carboxylic acids is 1. The summed E-state index contributed by atoms with van der Waals surface area (Å²) in [4.78, 5) is 28.9. The molecule has 0 saturated heterocycles. The molecule has 0 bridgehead atoms. The van der Waals surface area contributed by atoms with Gasteiger partial charge >= 0.3 is 6.09 Å². The molecule has 0 radical (unpaired) electrons. The molecule has 1 aromatic carbocycles. The van der Waals surface area contributed by atoms with E-state index in [1.165, 1.54) is 19.1 Å². The molecule has 1 aromatic heterocycles. The van der Waals surface area contributed by atoms with E-state index in [2.05, 4.69) is 4.98 Å². The van der Waals surface area contributed by atoms with Gasteiger partial charge in [-0.25, -0.2) is 14.2 Å². The number of hydrogen-bond acceptors (Lipinski definition) is 4. The molecule has 132 valence electrons. The molecule has 2 aromatic rings. The highest BCUT2D eigenvalue weighted by atomic mass is 19.1. The molecule has 0 unspecified atom stereocenters. The van der Waals surface area contributed by atoms with Gasteiger partial charge in [0.05, 0.1) is 10.9 Å². The normalized spacial score (nSPS) is 11.0. The first-order valence-electron chi connectivity index (χ1n) is 8.09. The summed E-state index contributed by atoms with van der Waals surface area (Å²) >= 11 is 0. The van der Waals surface area contributed by atoms with E-state index in [0.717, 1.165) is 4.57 Å². The number of aryl methyl sites for hydroxylation is 2. The van der Waals surface area contributed by atoms with Gasteiger partial charge in [-0.1, -0.05) is 20.8 Å². The van der Waals surface area contributed by atoms with E-state index < -0.39 is 23.1 Å². The minimum atomic E-state index is -0.785. The average molecular weight is 336 g/mol. The molecule has 0 aliphatic rings.